The van der Waals surface area contributed by atoms with Crippen molar-refractivity contribution in [1.82, 2.24) is 11.1 Å². The summed E-state index contributed by atoms with van der Waals surface area (Å²) in [5.41, 5.74) is 4.48. The fourth-order valence-electron chi connectivity index (χ4n) is 3.20. The van der Waals surface area contributed by atoms with E-state index < -0.39 is 0 Å². The molecule has 0 radical (unpaired) electrons. The van der Waals surface area contributed by atoms with Crippen LogP contribution in [0.15, 0.2) is 42.5 Å². The number of pyridine rings is 1. The average molecular weight is 323 g/mol. The first kappa shape index (κ1) is 18.2. The molecule has 3 heteroatoms. The van der Waals surface area contributed by atoms with Crippen molar-refractivity contribution in [2.75, 3.05) is 11.9 Å². The van der Waals surface area contributed by atoms with Gasteiger partial charge in [0.2, 0.25) is 0 Å². The molecule has 1 aliphatic carbocycles. The van der Waals surface area contributed by atoms with Gasteiger partial charge in [-0.1, -0.05) is 43.5 Å². The molecule has 0 unspecified atom stereocenters. The topological polar surface area (TPSA) is 59.9 Å². The number of nitrogens with one attached hydrogen (secondary N) is 1. The third-order valence-electron chi connectivity index (χ3n) is 4.59. The number of anilines is 1. The first-order valence-corrected chi connectivity index (χ1v) is 8.75. The maximum absolute atomic E-state index is 4.49. The highest BCUT2D eigenvalue weighted by molar-refractivity contribution is 5.69. The molecule has 2 aromatic rings. The molecule has 0 aliphatic heterocycles. The Hall–Kier alpha value is -2.13. The molecule has 1 aliphatic rings. The van der Waals surface area contributed by atoms with E-state index in [9.17, 15) is 0 Å². The molecule has 3 rings (SSSR count). The van der Waals surface area contributed by atoms with E-state index in [1.165, 1.54) is 43.4 Å². The highest BCUT2D eigenvalue weighted by atomic mass is 14.9. The van der Waals surface area contributed by atoms with E-state index in [1.807, 2.05) is 25.1 Å². The van der Waals surface area contributed by atoms with E-state index in [4.69, 9.17) is 0 Å². The summed E-state index contributed by atoms with van der Waals surface area (Å²) < 4.78 is 0. The smallest absolute Gasteiger partial charge is 0.0633 e. The minimum absolute atomic E-state index is 0. The van der Waals surface area contributed by atoms with Crippen LogP contribution in [0.1, 0.15) is 49.1 Å². The molecule has 1 aromatic carbocycles. The predicted molar refractivity (Wildman–Crippen MR) is 104 cm³/mol. The summed E-state index contributed by atoms with van der Waals surface area (Å²) in [4.78, 5) is 4.49. The van der Waals surface area contributed by atoms with Crippen LogP contribution in [0.2, 0.25) is 0 Å². The van der Waals surface area contributed by atoms with Gasteiger partial charge in [0.1, 0.15) is 0 Å². The van der Waals surface area contributed by atoms with Gasteiger partial charge >= 0.3 is 0 Å². The van der Waals surface area contributed by atoms with Crippen LogP contribution >= 0.6 is 0 Å². The molecule has 1 heterocycles. The summed E-state index contributed by atoms with van der Waals surface area (Å²) in [6.45, 7) is 3.13. The molecule has 24 heavy (non-hydrogen) atoms. The zero-order chi connectivity index (χ0) is 15.9. The molecule has 0 amide bonds. The van der Waals surface area contributed by atoms with Crippen LogP contribution in [0.3, 0.4) is 0 Å². The fraction of sp³-hybridized carbons (Fsp3) is 0.381. The van der Waals surface area contributed by atoms with E-state index in [1.54, 1.807) is 0 Å². The quantitative estimate of drug-likeness (QED) is 0.740. The maximum atomic E-state index is 4.49. The lowest BCUT2D eigenvalue weighted by molar-refractivity contribution is 0.373. The van der Waals surface area contributed by atoms with Crippen molar-refractivity contribution in [2.24, 2.45) is 5.92 Å². The second-order valence-electron chi connectivity index (χ2n) is 6.54. The van der Waals surface area contributed by atoms with Crippen LogP contribution in [0.4, 0.5) is 5.69 Å². The molecule has 1 aromatic heterocycles. The van der Waals surface area contributed by atoms with Crippen molar-refractivity contribution in [1.29, 1.82) is 0 Å². The van der Waals surface area contributed by atoms with Gasteiger partial charge in [0.25, 0.3) is 0 Å². The Kier molecular flexibility index (Phi) is 7.01. The number of hydrogen-bond acceptors (Lipinski definition) is 3. The highest BCUT2D eigenvalue weighted by Crippen LogP contribution is 2.24. The van der Waals surface area contributed by atoms with Gasteiger partial charge in [0.15, 0.2) is 0 Å². The average Bonchev–Trinajstić information content (AvgIpc) is 2.60. The van der Waals surface area contributed by atoms with Gasteiger partial charge in [-0.3, -0.25) is 4.98 Å². The number of hydrogen-bond donors (Lipinski definition) is 2. The summed E-state index contributed by atoms with van der Waals surface area (Å²) in [6, 6.07) is 14.8. The van der Waals surface area contributed by atoms with Gasteiger partial charge < -0.3 is 11.5 Å². The molecule has 4 N–H and O–H groups in total. The van der Waals surface area contributed by atoms with Crippen molar-refractivity contribution in [3.63, 3.8) is 0 Å². The van der Waals surface area contributed by atoms with Crippen LogP contribution in [0.5, 0.6) is 0 Å². The summed E-state index contributed by atoms with van der Waals surface area (Å²) in [7, 11) is 0. The Morgan fingerprint density at radius 3 is 2.46 bits per heavy atom. The molecule has 0 spiro atoms. The lowest BCUT2D eigenvalue weighted by Crippen LogP contribution is -2.16. The van der Waals surface area contributed by atoms with E-state index in [0.29, 0.717) is 0 Å². The number of benzene rings is 1. The van der Waals surface area contributed by atoms with Gasteiger partial charge in [-0.05, 0) is 61.6 Å². The summed E-state index contributed by atoms with van der Waals surface area (Å²) in [5, 5.41) is 3.59. The lowest BCUT2D eigenvalue weighted by Gasteiger charge is -2.22. The van der Waals surface area contributed by atoms with Gasteiger partial charge in [0, 0.05) is 17.9 Å². The Bertz CT molecular complexity index is 640. The normalized spacial score (nSPS) is 15.2. The van der Waals surface area contributed by atoms with Crippen molar-refractivity contribution in [3.8, 4) is 0 Å². The number of aryl methyl sites for hydroxylation is 1. The van der Waals surface area contributed by atoms with Crippen molar-refractivity contribution in [2.45, 2.75) is 39.0 Å². The molecule has 1 fully saturated rings. The first-order chi connectivity index (χ1) is 11.3. The van der Waals surface area contributed by atoms with Crippen LogP contribution in [-0.2, 0) is 0 Å². The molecular weight excluding hydrogens is 294 g/mol. The molecule has 0 atom stereocenters. The Morgan fingerprint density at radius 1 is 1.00 bits per heavy atom. The van der Waals surface area contributed by atoms with Gasteiger partial charge in [0.05, 0.1) is 5.69 Å². The Balaban J connectivity index is 0.00000208. The number of rotatable bonds is 5. The summed E-state index contributed by atoms with van der Waals surface area (Å²) in [6.07, 6.45) is 11.2. The monoisotopic (exact) mass is 323 g/mol. The van der Waals surface area contributed by atoms with Crippen LogP contribution in [0, 0.1) is 12.8 Å². The van der Waals surface area contributed by atoms with Gasteiger partial charge in [-0.15, -0.1) is 0 Å². The molecule has 0 saturated heterocycles. The second kappa shape index (κ2) is 9.24. The van der Waals surface area contributed by atoms with Crippen LogP contribution in [-0.4, -0.2) is 11.5 Å². The van der Waals surface area contributed by atoms with Crippen molar-refractivity contribution in [3.05, 3.63) is 59.4 Å². The molecule has 128 valence electrons. The van der Waals surface area contributed by atoms with E-state index >= 15 is 0 Å². The standard InChI is InChI=1S/C21H26N2.H3N/c1-17-6-5-9-21(23-17)15-12-18-10-13-20(14-11-18)22-16-19-7-3-2-4-8-19;/h5-6,9-15,19,22H,2-4,7-8,16H2,1H3;1H3. The van der Waals surface area contributed by atoms with E-state index in [2.05, 4.69) is 46.7 Å². The molecular formula is C21H29N3. The zero-order valence-electron chi connectivity index (χ0n) is 14.7. The highest BCUT2D eigenvalue weighted by Gasteiger charge is 2.12. The van der Waals surface area contributed by atoms with Crippen molar-refractivity contribution < 1.29 is 0 Å². The molecule has 3 nitrogen and oxygen atoms in total. The van der Waals surface area contributed by atoms with Crippen LogP contribution < -0.4 is 11.5 Å². The van der Waals surface area contributed by atoms with Gasteiger partial charge in [-0.25, -0.2) is 0 Å². The lowest BCUT2D eigenvalue weighted by atomic mass is 9.89. The van der Waals surface area contributed by atoms with E-state index in [0.717, 1.165) is 23.9 Å². The predicted octanol–water partition coefficient (Wildman–Crippen LogP) is 5.71. The largest absolute Gasteiger partial charge is 0.385 e. The van der Waals surface area contributed by atoms with Gasteiger partial charge in [-0.2, -0.15) is 0 Å². The SMILES string of the molecule is Cc1cccc(C=Cc2ccc(NCC3CCCCC3)cc2)n1.N. The zero-order valence-corrected chi connectivity index (χ0v) is 14.7. The Labute approximate surface area is 145 Å². The van der Waals surface area contributed by atoms with E-state index in [-0.39, 0.29) is 6.15 Å². The summed E-state index contributed by atoms with van der Waals surface area (Å²) >= 11 is 0. The van der Waals surface area contributed by atoms with Crippen LogP contribution in [0.25, 0.3) is 12.2 Å². The molecule has 1 saturated carbocycles. The number of nitrogens with zero attached hydrogens (tertiary/aromatic N) is 1. The maximum Gasteiger partial charge on any atom is 0.0633 e. The third kappa shape index (κ3) is 5.50. The minimum atomic E-state index is 0. The number of aromatic nitrogens is 1. The minimum Gasteiger partial charge on any atom is -0.385 e. The third-order valence-corrected chi connectivity index (χ3v) is 4.59. The Morgan fingerprint density at radius 2 is 1.75 bits per heavy atom. The van der Waals surface area contributed by atoms with Crippen molar-refractivity contribution >= 4 is 17.8 Å². The summed E-state index contributed by atoms with van der Waals surface area (Å²) in [5.74, 6) is 0.857. The fourth-order valence-corrected chi connectivity index (χ4v) is 3.20. The molecule has 0 bridgehead atoms. The second-order valence-corrected chi connectivity index (χ2v) is 6.54. The first-order valence-electron chi connectivity index (χ1n) is 8.75.